The predicted molar refractivity (Wildman–Crippen MR) is 69.9 cm³/mol. The van der Waals surface area contributed by atoms with Gasteiger partial charge in [-0.15, -0.1) is 0 Å². The number of alkyl carbamates (subject to hydrolysis) is 1. The first-order chi connectivity index (χ1) is 8.37. The van der Waals surface area contributed by atoms with Crippen LogP contribution in [0.25, 0.3) is 0 Å². The molecule has 5 nitrogen and oxygen atoms in total. The van der Waals surface area contributed by atoms with E-state index in [2.05, 4.69) is 5.32 Å². The summed E-state index contributed by atoms with van der Waals surface area (Å²) in [4.78, 5) is 16.5. The number of ether oxygens (including phenoxy) is 1. The molecule has 0 spiro atoms. The molecule has 106 valence electrons. The van der Waals surface area contributed by atoms with Crippen molar-refractivity contribution in [3.8, 4) is 0 Å². The van der Waals surface area contributed by atoms with Crippen molar-refractivity contribution in [2.24, 2.45) is 11.3 Å². The van der Waals surface area contributed by atoms with Crippen LogP contribution < -0.4 is 11.2 Å². The number of carbonyl (C=O) groups is 1. The average molecular weight is 258 g/mol. The summed E-state index contributed by atoms with van der Waals surface area (Å²) >= 11 is 0. The molecule has 0 bridgehead atoms. The number of hydrogen-bond donors (Lipinski definition) is 2. The number of nitrogens with one attached hydrogen (secondary N) is 1. The molecule has 1 saturated carbocycles. The molecule has 1 rings (SSSR count). The van der Waals surface area contributed by atoms with Gasteiger partial charge in [0.05, 0.1) is 6.61 Å². The van der Waals surface area contributed by atoms with E-state index in [1.807, 2.05) is 20.8 Å². The monoisotopic (exact) mass is 258 g/mol. The third kappa shape index (κ3) is 5.23. The van der Waals surface area contributed by atoms with Crippen LogP contribution in [0.1, 0.15) is 52.9 Å². The smallest absolute Gasteiger partial charge is 0.407 e. The molecule has 0 atom stereocenters. The first-order valence-corrected chi connectivity index (χ1v) is 6.65. The zero-order valence-electron chi connectivity index (χ0n) is 11.8. The molecule has 1 amide bonds. The highest BCUT2D eigenvalue weighted by Gasteiger charge is 2.33. The average Bonchev–Trinajstić information content (AvgIpc) is 2.26. The molecule has 1 fully saturated rings. The highest BCUT2D eigenvalue weighted by atomic mass is 16.6. The van der Waals surface area contributed by atoms with E-state index in [-0.39, 0.29) is 11.5 Å². The summed E-state index contributed by atoms with van der Waals surface area (Å²) in [7, 11) is 0. The summed E-state index contributed by atoms with van der Waals surface area (Å²) in [5.41, 5.74) is -0.488. The van der Waals surface area contributed by atoms with Gasteiger partial charge in [0.15, 0.2) is 0 Å². The van der Waals surface area contributed by atoms with Crippen molar-refractivity contribution in [3.05, 3.63) is 0 Å². The van der Waals surface area contributed by atoms with Crippen LogP contribution in [-0.4, -0.2) is 24.8 Å². The zero-order chi connectivity index (χ0) is 13.6. The van der Waals surface area contributed by atoms with Gasteiger partial charge in [0.2, 0.25) is 0 Å². The molecular formula is C13H26N2O3. The van der Waals surface area contributed by atoms with E-state index in [1.165, 1.54) is 19.3 Å². The molecule has 5 heteroatoms. The van der Waals surface area contributed by atoms with E-state index in [0.717, 1.165) is 12.8 Å². The molecular weight excluding hydrogens is 232 g/mol. The van der Waals surface area contributed by atoms with Crippen LogP contribution in [0.2, 0.25) is 0 Å². The summed E-state index contributed by atoms with van der Waals surface area (Å²) in [6, 6.07) is 0. The fraction of sp³-hybridized carbons (Fsp3) is 0.923. The minimum atomic E-state index is -0.464. The molecule has 1 aliphatic carbocycles. The van der Waals surface area contributed by atoms with Crippen molar-refractivity contribution in [2.45, 2.75) is 58.5 Å². The second-order valence-corrected chi connectivity index (χ2v) is 6.23. The van der Waals surface area contributed by atoms with Crippen LogP contribution in [0.3, 0.4) is 0 Å². The Bertz CT molecular complexity index is 262. The van der Waals surface area contributed by atoms with E-state index >= 15 is 0 Å². The molecule has 0 heterocycles. The molecule has 0 aromatic heterocycles. The lowest BCUT2D eigenvalue weighted by atomic mass is 9.74. The Balaban J connectivity index is 2.44. The van der Waals surface area contributed by atoms with Gasteiger partial charge in [-0.1, -0.05) is 19.3 Å². The van der Waals surface area contributed by atoms with Crippen molar-refractivity contribution >= 4 is 6.09 Å². The number of amides is 1. The third-order valence-corrected chi connectivity index (χ3v) is 3.31. The van der Waals surface area contributed by atoms with E-state index in [4.69, 9.17) is 15.5 Å². The summed E-state index contributed by atoms with van der Waals surface area (Å²) in [6.45, 7) is 6.62. The first kappa shape index (κ1) is 15.2. The van der Waals surface area contributed by atoms with Crippen LogP contribution >= 0.6 is 0 Å². The minimum absolute atomic E-state index is 0.0239. The molecule has 0 unspecified atom stereocenters. The van der Waals surface area contributed by atoms with Crippen molar-refractivity contribution in [3.63, 3.8) is 0 Å². The van der Waals surface area contributed by atoms with Crippen LogP contribution in [0.5, 0.6) is 0 Å². The van der Waals surface area contributed by atoms with Crippen molar-refractivity contribution in [1.29, 1.82) is 0 Å². The fourth-order valence-electron chi connectivity index (χ4n) is 2.42. The standard InChI is InChI=1S/C13H26N2O3/c1-12(2,3)18-11(16)15-9-13(10-17-14)7-5-4-6-8-13/h4-10,14H2,1-3H3,(H,15,16). The zero-order valence-corrected chi connectivity index (χ0v) is 11.8. The van der Waals surface area contributed by atoms with Crippen molar-refractivity contribution in [2.75, 3.05) is 13.2 Å². The van der Waals surface area contributed by atoms with Gasteiger partial charge in [-0.3, -0.25) is 0 Å². The molecule has 3 N–H and O–H groups in total. The Kier molecular flexibility index (Phi) is 5.41. The summed E-state index contributed by atoms with van der Waals surface area (Å²) < 4.78 is 5.23. The Morgan fingerprint density at radius 1 is 1.28 bits per heavy atom. The first-order valence-electron chi connectivity index (χ1n) is 6.65. The largest absolute Gasteiger partial charge is 0.444 e. The third-order valence-electron chi connectivity index (χ3n) is 3.31. The molecule has 18 heavy (non-hydrogen) atoms. The van der Waals surface area contributed by atoms with Gasteiger partial charge in [-0.05, 0) is 33.6 Å². The second kappa shape index (κ2) is 6.38. The van der Waals surface area contributed by atoms with Crippen molar-refractivity contribution < 1.29 is 14.4 Å². The highest BCUT2D eigenvalue weighted by Crippen LogP contribution is 2.35. The Labute approximate surface area is 109 Å². The van der Waals surface area contributed by atoms with Crippen LogP contribution in [-0.2, 0) is 9.57 Å². The highest BCUT2D eigenvalue weighted by molar-refractivity contribution is 5.67. The molecule has 1 aliphatic rings. The van der Waals surface area contributed by atoms with E-state index in [1.54, 1.807) is 0 Å². The van der Waals surface area contributed by atoms with Gasteiger partial charge < -0.3 is 14.9 Å². The van der Waals surface area contributed by atoms with Gasteiger partial charge in [-0.25, -0.2) is 10.7 Å². The lowest BCUT2D eigenvalue weighted by molar-refractivity contribution is 0.0130. The number of carbonyl (C=O) groups excluding carboxylic acids is 1. The van der Waals surface area contributed by atoms with Crippen LogP contribution in [0, 0.1) is 5.41 Å². The topological polar surface area (TPSA) is 73.6 Å². The van der Waals surface area contributed by atoms with Gasteiger partial charge in [0, 0.05) is 12.0 Å². The van der Waals surface area contributed by atoms with E-state index in [0.29, 0.717) is 13.2 Å². The van der Waals surface area contributed by atoms with Gasteiger partial charge in [0.1, 0.15) is 5.60 Å². The minimum Gasteiger partial charge on any atom is -0.444 e. The maximum atomic E-state index is 11.6. The molecule has 0 aromatic rings. The fourth-order valence-corrected chi connectivity index (χ4v) is 2.42. The van der Waals surface area contributed by atoms with Crippen molar-refractivity contribution in [1.82, 2.24) is 5.32 Å². The number of hydrogen-bond acceptors (Lipinski definition) is 4. The molecule has 0 radical (unpaired) electrons. The quantitative estimate of drug-likeness (QED) is 0.759. The van der Waals surface area contributed by atoms with Gasteiger partial charge in [-0.2, -0.15) is 0 Å². The summed E-state index contributed by atoms with van der Waals surface area (Å²) in [6.07, 6.45) is 5.29. The molecule has 0 aliphatic heterocycles. The van der Waals surface area contributed by atoms with E-state index in [9.17, 15) is 4.79 Å². The SMILES string of the molecule is CC(C)(C)OC(=O)NCC1(CON)CCCCC1. The van der Waals surface area contributed by atoms with Crippen LogP contribution in [0.4, 0.5) is 4.79 Å². The maximum absolute atomic E-state index is 11.6. The number of rotatable bonds is 4. The Hall–Kier alpha value is -0.810. The van der Waals surface area contributed by atoms with E-state index < -0.39 is 5.60 Å². The van der Waals surface area contributed by atoms with Gasteiger partial charge in [0.25, 0.3) is 0 Å². The van der Waals surface area contributed by atoms with Gasteiger partial charge >= 0.3 is 6.09 Å². The lowest BCUT2D eigenvalue weighted by Crippen LogP contribution is -2.44. The van der Waals surface area contributed by atoms with Crippen LogP contribution in [0.15, 0.2) is 0 Å². The second-order valence-electron chi connectivity index (χ2n) is 6.23. The number of nitrogens with two attached hydrogens (primary N) is 1. The summed E-state index contributed by atoms with van der Waals surface area (Å²) in [5, 5.41) is 2.84. The Morgan fingerprint density at radius 2 is 1.89 bits per heavy atom. The summed E-state index contributed by atoms with van der Waals surface area (Å²) in [5.74, 6) is 5.21. The molecule has 0 saturated heterocycles. The lowest BCUT2D eigenvalue weighted by Gasteiger charge is -2.36. The normalized spacial score (nSPS) is 19.3. The predicted octanol–water partition coefficient (Wildman–Crippen LogP) is 2.35. The maximum Gasteiger partial charge on any atom is 0.407 e. The Morgan fingerprint density at radius 3 is 2.39 bits per heavy atom. The molecule has 0 aromatic carbocycles.